The zero-order valence-electron chi connectivity index (χ0n) is 10.5. The molecule has 96 valence electrons. The Balaban J connectivity index is 1.54. The molecule has 2 aromatic rings. The van der Waals surface area contributed by atoms with Gasteiger partial charge < -0.3 is 0 Å². The minimum atomic E-state index is 0.246. The molecule has 2 aromatic carbocycles. The van der Waals surface area contributed by atoms with E-state index in [-0.39, 0.29) is 6.10 Å². The van der Waals surface area contributed by atoms with E-state index < -0.39 is 0 Å². The summed E-state index contributed by atoms with van der Waals surface area (Å²) in [5, 5.41) is 1.08. The Bertz CT molecular complexity index is 553. The van der Waals surface area contributed by atoms with Gasteiger partial charge in [0, 0.05) is 0 Å². The van der Waals surface area contributed by atoms with Crippen LogP contribution in [0, 0.1) is 0 Å². The van der Waals surface area contributed by atoms with Gasteiger partial charge in [0.05, 0.1) is 0 Å². The fourth-order valence-electron chi connectivity index (χ4n) is 1.95. The van der Waals surface area contributed by atoms with Gasteiger partial charge in [-0.1, -0.05) is 0 Å². The van der Waals surface area contributed by atoms with Crippen molar-refractivity contribution in [3.05, 3.63) is 66.2 Å². The second-order valence-electron chi connectivity index (χ2n) is 4.38. The molecular formula is C16H15NOSe. The molecule has 0 amide bonds. The van der Waals surface area contributed by atoms with Crippen LogP contribution in [0.4, 0.5) is 0 Å². The van der Waals surface area contributed by atoms with Crippen LogP contribution in [0.5, 0.6) is 0 Å². The SMILES string of the molecule is c1ccc([Se]CC2CN=C(c3ccccc3)O2)cc1. The molecule has 2 nitrogen and oxygen atoms in total. The molecule has 0 saturated heterocycles. The van der Waals surface area contributed by atoms with Crippen molar-refractivity contribution in [2.45, 2.75) is 11.4 Å². The van der Waals surface area contributed by atoms with Crippen LogP contribution < -0.4 is 4.46 Å². The number of hydrogen-bond acceptors (Lipinski definition) is 2. The number of nitrogens with zero attached hydrogens (tertiary/aromatic N) is 1. The van der Waals surface area contributed by atoms with Gasteiger partial charge in [0.1, 0.15) is 0 Å². The first-order chi connectivity index (χ1) is 9.42. The maximum absolute atomic E-state index is 5.93. The normalized spacial score (nSPS) is 17.9. The van der Waals surface area contributed by atoms with Crippen LogP contribution in [0.2, 0.25) is 5.32 Å². The molecule has 0 spiro atoms. The molecule has 0 N–H and O–H groups in total. The molecule has 0 aromatic heterocycles. The predicted molar refractivity (Wildman–Crippen MR) is 79.4 cm³/mol. The Labute approximate surface area is 119 Å². The summed E-state index contributed by atoms with van der Waals surface area (Å²) in [5.74, 6) is 0.800. The Morgan fingerprint density at radius 3 is 2.42 bits per heavy atom. The number of ether oxygens (including phenoxy) is 1. The van der Waals surface area contributed by atoms with E-state index in [1.54, 1.807) is 0 Å². The second-order valence-corrected chi connectivity index (χ2v) is 6.67. The average Bonchev–Trinajstić information content (AvgIpc) is 2.96. The molecule has 0 fully saturated rings. The summed E-state index contributed by atoms with van der Waals surface area (Å²) in [6.45, 7) is 0.790. The van der Waals surface area contributed by atoms with Gasteiger partial charge in [-0.15, -0.1) is 0 Å². The molecule has 3 rings (SSSR count). The molecule has 1 aliphatic rings. The fraction of sp³-hybridized carbons (Fsp3) is 0.188. The van der Waals surface area contributed by atoms with Crippen molar-refractivity contribution in [1.29, 1.82) is 0 Å². The van der Waals surface area contributed by atoms with E-state index in [0.29, 0.717) is 15.0 Å². The van der Waals surface area contributed by atoms with E-state index in [1.807, 2.05) is 30.3 Å². The van der Waals surface area contributed by atoms with Gasteiger partial charge in [0.2, 0.25) is 0 Å². The quantitative estimate of drug-likeness (QED) is 0.793. The van der Waals surface area contributed by atoms with Crippen molar-refractivity contribution in [2.24, 2.45) is 4.99 Å². The molecule has 1 aliphatic heterocycles. The fourth-order valence-corrected chi connectivity index (χ4v) is 3.84. The van der Waals surface area contributed by atoms with E-state index in [0.717, 1.165) is 23.3 Å². The molecule has 1 unspecified atom stereocenters. The van der Waals surface area contributed by atoms with Gasteiger partial charge in [-0.25, -0.2) is 0 Å². The van der Waals surface area contributed by atoms with Crippen LogP contribution in [0.1, 0.15) is 5.56 Å². The van der Waals surface area contributed by atoms with Crippen LogP contribution in [-0.2, 0) is 4.74 Å². The zero-order valence-corrected chi connectivity index (χ0v) is 12.2. The van der Waals surface area contributed by atoms with Crippen LogP contribution >= 0.6 is 0 Å². The summed E-state index contributed by atoms with van der Waals surface area (Å²) in [7, 11) is 0. The van der Waals surface area contributed by atoms with Gasteiger partial charge >= 0.3 is 119 Å². The number of rotatable bonds is 4. The van der Waals surface area contributed by atoms with Crippen LogP contribution in [0.3, 0.4) is 0 Å². The van der Waals surface area contributed by atoms with E-state index >= 15 is 0 Å². The molecule has 1 atom stereocenters. The first-order valence-electron chi connectivity index (χ1n) is 6.36. The average molecular weight is 316 g/mol. The summed E-state index contributed by atoms with van der Waals surface area (Å²) >= 11 is 0.466. The molecule has 19 heavy (non-hydrogen) atoms. The van der Waals surface area contributed by atoms with Crippen molar-refractivity contribution in [2.75, 3.05) is 6.54 Å². The molecule has 0 saturated carbocycles. The molecule has 0 bridgehead atoms. The van der Waals surface area contributed by atoms with Gasteiger partial charge in [-0.3, -0.25) is 0 Å². The van der Waals surface area contributed by atoms with Crippen LogP contribution in [0.15, 0.2) is 65.7 Å². The third-order valence-corrected chi connectivity index (χ3v) is 5.32. The monoisotopic (exact) mass is 317 g/mol. The number of aliphatic imine (C=N–C) groups is 1. The molecule has 0 aliphatic carbocycles. The second kappa shape index (κ2) is 6.05. The molecule has 1 heterocycles. The van der Waals surface area contributed by atoms with Crippen LogP contribution in [0.25, 0.3) is 0 Å². The number of benzene rings is 2. The van der Waals surface area contributed by atoms with Gasteiger partial charge in [0.15, 0.2) is 0 Å². The summed E-state index contributed by atoms with van der Waals surface area (Å²) in [6, 6.07) is 20.8. The van der Waals surface area contributed by atoms with Crippen molar-refractivity contribution >= 4 is 25.3 Å². The Morgan fingerprint density at radius 1 is 1.00 bits per heavy atom. The Morgan fingerprint density at radius 2 is 1.68 bits per heavy atom. The summed E-state index contributed by atoms with van der Waals surface area (Å²) in [4.78, 5) is 4.50. The van der Waals surface area contributed by atoms with Crippen molar-refractivity contribution < 1.29 is 4.74 Å². The summed E-state index contributed by atoms with van der Waals surface area (Å²) < 4.78 is 7.36. The maximum atomic E-state index is 5.93. The molecule has 3 heteroatoms. The summed E-state index contributed by atoms with van der Waals surface area (Å²) in [6.07, 6.45) is 0.246. The first kappa shape index (κ1) is 12.5. The van der Waals surface area contributed by atoms with E-state index in [2.05, 4.69) is 35.3 Å². The van der Waals surface area contributed by atoms with Crippen molar-refractivity contribution in [1.82, 2.24) is 0 Å². The molecular weight excluding hydrogens is 301 g/mol. The zero-order chi connectivity index (χ0) is 12.9. The third kappa shape index (κ3) is 3.25. The number of hydrogen-bond donors (Lipinski definition) is 0. The molecule has 0 radical (unpaired) electrons. The topological polar surface area (TPSA) is 21.6 Å². The minimum absolute atomic E-state index is 0.246. The Kier molecular flexibility index (Phi) is 3.97. The van der Waals surface area contributed by atoms with Crippen LogP contribution in [-0.4, -0.2) is 33.5 Å². The van der Waals surface area contributed by atoms with Crippen molar-refractivity contribution in [3.8, 4) is 0 Å². The van der Waals surface area contributed by atoms with Gasteiger partial charge in [-0.2, -0.15) is 0 Å². The third-order valence-electron chi connectivity index (χ3n) is 2.92. The van der Waals surface area contributed by atoms with Crippen molar-refractivity contribution in [3.63, 3.8) is 0 Å². The summed E-state index contributed by atoms with van der Waals surface area (Å²) in [5.41, 5.74) is 1.08. The predicted octanol–water partition coefficient (Wildman–Crippen LogP) is 2.28. The van der Waals surface area contributed by atoms with E-state index in [4.69, 9.17) is 4.74 Å². The standard InChI is InChI=1S/C16H15NOSe/c1-3-7-13(8-4-1)16-17-11-14(18-16)12-19-15-9-5-2-6-10-15/h1-10,14H,11-12H2. The van der Waals surface area contributed by atoms with E-state index in [1.165, 1.54) is 4.46 Å². The van der Waals surface area contributed by atoms with E-state index in [9.17, 15) is 0 Å². The van der Waals surface area contributed by atoms with Gasteiger partial charge in [-0.05, 0) is 0 Å². The van der Waals surface area contributed by atoms with Gasteiger partial charge in [0.25, 0.3) is 0 Å². The first-order valence-corrected chi connectivity index (χ1v) is 8.43. The Hall–Kier alpha value is -1.57.